The molecule has 0 aliphatic carbocycles. The molecule has 0 saturated heterocycles. The van der Waals surface area contributed by atoms with Crippen LogP contribution >= 0.6 is 23.5 Å². The SMILES string of the molecule is CCOC(CSC(C=CSc1ccccc1)CCO)OCC. The summed E-state index contributed by atoms with van der Waals surface area (Å²) in [6, 6.07) is 10.3. The topological polar surface area (TPSA) is 38.7 Å². The van der Waals surface area contributed by atoms with Gasteiger partial charge in [0.05, 0.1) is 0 Å². The third-order valence-electron chi connectivity index (χ3n) is 2.81. The third-order valence-corrected chi connectivity index (χ3v) is 4.93. The van der Waals surface area contributed by atoms with E-state index in [4.69, 9.17) is 9.47 Å². The van der Waals surface area contributed by atoms with Crippen LogP contribution in [-0.4, -0.2) is 42.2 Å². The van der Waals surface area contributed by atoms with E-state index >= 15 is 0 Å². The normalized spacial score (nSPS) is 13.1. The maximum Gasteiger partial charge on any atom is 0.166 e. The second-order valence-corrected chi connectivity index (χ2v) is 6.74. The molecule has 0 amide bonds. The summed E-state index contributed by atoms with van der Waals surface area (Å²) in [5.74, 6) is 0.771. The van der Waals surface area contributed by atoms with Crippen LogP contribution in [-0.2, 0) is 9.47 Å². The molecule has 0 saturated carbocycles. The minimum atomic E-state index is -0.170. The van der Waals surface area contributed by atoms with Gasteiger partial charge in [-0.15, -0.1) is 11.8 Å². The van der Waals surface area contributed by atoms with Gasteiger partial charge in [-0.25, -0.2) is 0 Å². The molecule has 1 rings (SSSR count). The van der Waals surface area contributed by atoms with E-state index in [1.54, 1.807) is 23.5 Å². The predicted octanol–water partition coefficient (Wildman–Crippen LogP) is 4.18. The molecule has 1 unspecified atom stereocenters. The van der Waals surface area contributed by atoms with Crippen LogP contribution in [0.2, 0.25) is 0 Å². The molecule has 0 spiro atoms. The van der Waals surface area contributed by atoms with Gasteiger partial charge in [0.25, 0.3) is 0 Å². The minimum absolute atomic E-state index is 0.170. The number of hydrogen-bond acceptors (Lipinski definition) is 5. The predicted molar refractivity (Wildman–Crippen MR) is 96.4 cm³/mol. The Hall–Kier alpha value is -0.460. The van der Waals surface area contributed by atoms with Gasteiger partial charge in [-0.1, -0.05) is 36.0 Å². The summed E-state index contributed by atoms with van der Waals surface area (Å²) in [6.07, 6.45) is 2.71. The molecule has 0 fully saturated rings. The largest absolute Gasteiger partial charge is 0.396 e. The molecule has 1 aromatic rings. The van der Waals surface area contributed by atoms with Gasteiger partial charge in [-0.2, -0.15) is 0 Å². The summed E-state index contributed by atoms with van der Waals surface area (Å²) in [4.78, 5) is 1.22. The highest BCUT2D eigenvalue weighted by Crippen LogP contribution is 2.23. The molecule has 124 valence electrons. The summed E-state index contributed by atoms with van der Waals surface area (Å²) in [7, 11) is 0. The molecule has 0 heterocycles. The number of hydrogen-bond donors (Lipinski definition) is 1. The maximum absolute atomic E-state index is 9.21. The molecular formula is C17H26O3S2. The van der Waals surface area contributed by atoms with Gasteiger partial charge in [0.2, 0.25) is 0 Å². The Labute approximate surface area is 142 Å². The van der Waals surface area contributed by atoms with Crippen LogP contribution in [0.5, 0.6) is 0 Å². The van der Waals surface area contributed by atoms with E-state index in [9.17, 15) is 5.11 Å². The lowest BCUT2D eigenvalue weighted by Gasteiger charge is -2.19. The van der Waals surface area contributed by atoms with Crippen molar-refractivity contribution in [3.63, 3.8) is 0 Å². The third kappa shape index (κ3) is 8.86. The van der Waals surface area contributed by atoms with Gasteiger partial charge >= 0.3 is 0 Å². The van der Waals surface area contributed by atoms with Crippen molar-refractivity contribution < 1.29 is 14.6 Å². The maximum atomic E-state index is 9.21. The lowest BCUT2D eigenvalue weighted by atomic mass is 10.3. The summed E-state index contributed by atoms with van der Waals surface area (Å²) < 4.78 is 11.1. The monoisotopic (exact) mass is 342 g/mol. The van der Waals surface area contributed by atoms with E-state index in [0.717, 1.165) is 12.2 Å². The number of thioether (sulfide) groups is 2. The van der Waals surface area contributed by atoms with Crippen molar-refractivity contribution in [2.24, 2.45) is 0 Å². The lowest BCUT2D eigenvalue weighted by Crippen LogP contribution is -2.21. The molecule has 0 bridgehead atoms. The van der Waals surface area contributed by atoms with Gasteiger partial charge in [0.1, 0.15) is 0 Å². The molecular weight excluding hydrogens is 316 g/mol. The van der Waals surface area contributed by atoms with Gasteiger partial charge < -0.3 is 14.6 Å². The Bertz CT molecular complexity index is 392. The summed E-state index contributed by atoms with van der Waals surface area (Å²) >= 11 is 3.45. The molecule has 22 heavy (non-hydrogen) atoms. The van der Waals surface area contributed by atoms with Crippen LogP contribution in [0.1, 0.15) is 20.3 Å². The van der Waals surface area contributed by atoms with Crippen molar-refractivity contribution in [3.8, 4) is 0 Å². The van der Waals surface area contributed by atoms with Crippen LogP contribution < -0.4 is 0 Å². The molecule has 1 N–H and O–H groups in total. The van der Waals surface area contributed by atoms with E-state index in [1.165, 1.54) is 4.90 Å². The van der Waals surface area contributed by atoms with Crippen molar-refractivity contribution in [2.45, 2.75) is 36.7 Å². The fourth-order valence-corrected chi connectivity index (χ4v) is 3.68. The first-order valence-electron chi connectivity index (χ1n) is 7.64. The van der Waals surface area contributed by atoms with Crippen LogP contribution in [0.3, 0.4) is 0 Å². The highest BCUT2D eigenvalue weighted by molar-refractivity contribution is 8.02. The summed E-state index contributed by atoms with van der Waals surface area (Å²) in [6.45, 7) is 5.42. The molecule has 0 radical (unpaired) electrons. The van der Waals surface area contributed by atoms with Crippen molar-refractivity contribution >= 4 is 23.5 Å². The Morgan fingerprint density at radius 2 is 1.82 bits per heavy atom. The van der Waals surface area contributed by atoms with Crippen LogP contribution in [0.15, 0.2) is 46.7 Å². The van der Waals surface area contributed by atoms with E-state index in [-0.39, 0.29) is 18.1 Å². The highest BCUT2D eigenvalue weighted by atomic mass is 32.2. The van der Waals surface area contributed by atoms with E-state index < -0.39 is 0 Å². The smallest absolute Gasteiger partial charge is 0.166 e. The van der Waals surface area contributed by atoms with Crippen LogP contribution in [0, 0.1) is 0 Å². The average molecular weight is 343 g/mol. The number of aliphatic hydroxyl groups is 1. The van der Waals surface area contributed by atoms with Crippen molar-refractivity contribution in [2.75, 3.05) is 25.6 Å². The standard InChI is InChI=1S/C17H26O3S2/c1-3-19-17(20-4-2)14-22-16(10-12-18)11-13-21-15-8-6-5-7-9-15/h5-9,11,13,16-18H,3-4,10,12,14H2,1-2H3. The highest BCUT2D eigenvalue weighted by Gasteiger charge is 2.12. The van der Waals surface area contributed by atoms with Gasteiger partial charge in [0.15, 0.2) is 6.29 Å². The van der Waals surface area contributed by atoms with Crippen LogP contribution in [0.4, 0.5) is 0 Å². The molecule has 0 aliphatic heterocycles. The minimum Gasteiger partial charge on any atom is -0.396 e. The molecule has 0 aromatic heterocycles. The zero-order valence-electron chi connectivity index (χ0n) is 13.3. The number of benzene rings is 1. The zero-order valence-corrected chi connectivity index (χ0v) is 14.9. The van der Waals surface area contributed by atoms with Gasteiger partial charge in [-0.05, 0) is 37.8 Å². The number of ether oxygens (including phenoxy) is 2. The van der Waals surface area contributed by atoms with Crippen molar-refractivity contribution in [1.29, 1.82) is 0 Å². The molecule has 5 heteroatoms. The molecule has 1 atom stereocenters. The van der Waals surface area contributed by atoms with Crippen molar-refractivity contribution in [1.82, 2.24) is 0 Å². The molecule has 0 aliphatic rings. The Kier molecular flexibility index (Phi) is 11.6. The molecule has 1 aromatic carbocycles. The Morgan fingerprint density at radius 3 is 2.41 bits per heavy atom. The van der Waals surface area contributed by atoms with Gasteiger partial charge in [-0.3, -0.25) is 0 Å². The fraction of sp³-hybridized carbons (Fsp3) is 0.529. The zero-order chi connectivity index (χ0) is 16.0. The Morgan fingerprint density at radius 1 is 1.14 bits per heavy atom. The van der Waals surface area contributed by atoms with Gasteiger partial charge in [0, 0.05) is 35.7 Å². The lowest BCUT2D eigenvalue weighted by molar-refractivity contribution is -0.120. The first kappa shape index (κ1) is 19.6. The van der Waals surface area contributed by atoms with Crippen LogP contribution in [0.25, 0.3) is 0 Å². The quantitative estimate of drug-likeness (QED) is 0.456. The average Bonchev–Trinajstić information content (AvgIpc) is 2.54. The second kappa shape index (κ2) is 13.0. The fourth-order valence-electron chi connectivity index (χ4n) is 1.79. The number of aliphatic hydroxyl groups excluding tert-OH is 1. The Balaban J connectivity index is 2.43. The first-order chi connectivity index (χ1) is 10.8. The van der Waals surface area contributed by atoms with Crippen molar-refractivity contribution in [3.05, 3.63) is 41.8 Å². The summed E-state index contributed by atoms with van der Waals surface area (Å²) in [5, 5.41) is 11.6. The number of rotatable bonds is 12. The first-order valence-corrected chi connectivity index (χ1v) is 9.57. The van der Waals surface area contributed by atoms with E-state index in [0.29, 0.717) is 13.2 Å². The van der Waals surface area contributed by atoms with E-state index in [1.807, 2.05) is 32.0 Å². The van der Waals surface area contributed by atoms with E-state index in [2.05, 4.69) is 23.6 Å². The summed E-state index contributed by atoms with van der Waals surface area (Å²) in [5.41, 5.74) is 0. The molecule has 3 nitrogen and oxygen atoms in total. The second-order valence-electron chi connectivity index (χ2n) is 4.48.